The number of nitrogens with one attached hydrogen (secondary N) is 1. The number of aryl methyl sites for hydroxylation is 1. The fraction of sp³-hybridized carbons (Fsp3) is 0.286. The number of thioether (sulfide) groups is 1. The van der Waals surface area contributed by atoms with Gasteiger partial charge in [0.15, 0.2) is 5.82 Å². The van der Waals surface area contributed by atoms with E-state index in [1.807, 2.05) is 24.3 Å². The van der Waals surface area contributed by atoms with Gasteiger partial charge in [-0.15, -0.1) is 10.2 Å². The highest BCUT2D eigenvalue weighted by Crippen LogP contribution is 2.28. The summed E-state index contributed by atoms with van der Waals surface area (Å²) >= 11 is 1.10. The Balaban J connectivity index is 1.68. The van der Waals surface area contributed by atoms with E-state index in [4.69, 9.17) is 5.84 Å². The number of anilines is 1. The van der Waals surface area contributed by atoms with Crippen LogP contribution in [-0.4, -0.2) is 31.5 Å². The number of rotatable bonds is 6. The number of nitrogens with zero attached hydrogens (tertiary/aromatic N) is 4. The molecule has 1 amide bonds. The SMILES string of the molecule is Cc1ccc(NC(=O)CSc2nnc(-c3ccc(C(C)(C)C)cc3)n2N)c([N+](=O)[O-])c1. The van der Waals surface area contributed by atoms with E-state index >= 15 is 0 Å². The van der Waals surface area contributed by atoms with Crippen molar-refractivity contribution in [1.29, 1.82) is 0 Å². The molecule has 0 saturated carbocycles. The maximum absolute atomic E-state index is 12.3. The van der Waals surface area contributed by atoms with Gasteiger partial charge >= 0.3 is 0 Å². The van der Waals surface area contributed by atoms with Crippen LogP contribution in [0.3, 0.4) is 0 Å². The third kappa shape index (κ3) is 5.21. The number of aromatic nitrogens is 3. The van der Waals surface area contributed by atoms with Gasteiger partial charge in [-0.1, -0.05) is 62.9 Å². The van der Waals surface area contributed by atoms with E-state index in [1.165, 1.54) is 22.4 Å². The molecule has 9 nitrogen and oxygen atoms in total. The predicted molar refractivity (Wildman–Crippen MR) is 121 cm³/mol. The van der Waals surface area contributed by atoms with Crippen LogP contribution in [0.4, 0.5) is 11.4 Å². The summed E-state index contributed by atoms with van der Waals surface area (Å²) in [6, 6.07) is 12.6. The molecule has 0 bridgehead atoms. The largest absolute Gasteiger partial charge is 0.335 e. The van der Waals surface area contributed by atoms with Crippen LogP contribution in [0.5, 0.6) is 0 Å². The highest BCUT2D eigenvalue weighted by molar-refractivity contribution is 7.99. The molecule has 0 radical (unpaired) electrons. The van der Waals surface area contributed by atoms with Gasteiger partial charge in [-0.2, -0.15) is 0 Å². The monoisotopic (exact) mass is 440 g/mol. The maximum Gasteiger partial charge on any atom is 0.293 e. The Kier molecular flexibility index (Phi) is 6.30. The molecule has 0 aliphatic heterocycles. The van der Waals surface area contributed by atoms with Gasteiger partial charge in [0, 0.05) is 11.6 Å². The van der Waals surface area contributed by atoms with E-state index in [2.05, 4.69) is 36.3 Å². The van der Waals surface area contributed by atoms with E-state index in [0.29, 0.717) is 11.0 Å². The summed E-state index contributed by atoms with van der Waals surface area (Å²) < 4.78 is 1.33. The lowest BCUT2D eigenvalue weighted by Crippen LogP contribution is -2.17. The Hall–Kier alpha value is -3.40. The zero-order valence-corrected chi connectivity index (χ0v) is 18.6. The summed E-state index contributed by atoms with van der Waals surface area (Å²) in [5.74, 6) is 6.18. The topological polar surface area (TPSA) is 129 Å². The second kappa shape index (κ2) is 8.76. The molecule has 10 heteroatoms. The zero-order chi connectivity index (χ0) is 22.8. The first-order chi connectivity index (χ1) is 14.6. The first kappa shape index (κ1) is 22.3. The fourth-order valence-corrected chi connectivity index (χ4v) is 3.56. The molecule has 0 saturated heterocycles. The summed E-state index contributed by atoms with van der Waals surface area (Å²) in [6.07, 6.45) is 0. The molecule has 31 heavy (non-hydrogen) atoms. The molecule has 3 rings (SSSR count). The lowest BCUT2D eigenvalue weighted by atomic mass is 9.87. The van der Waals surface area contributed by atoms with Gasteiger partial charge in [0.1, 0.15) is 5.69 Å². The minimum absolute atomic E-state index is 0.0245. The quantitative estimate of drug-likeness (QED) is 0.257. The van der Waals surface area contributed by atoms with E-state index in [0.717, 1.165) is 22.9 Å². The van der Waals surface area contributed by atoms with Crippen molar-refractivity contribution in [2.75, 3.05) is 16.9 Å². The number of carbonyl (C=O) groups excluding carboxylic acids is 1. The van der Waals surface area contributed by atoms with Crippen molar-refractivity contribution in [3.8, 4) is 11.4 Å². The Morgan fingerprint density at radius 2 is 1.87 bits per heavy atom. The summed E-state index contributed by atoms with van der Waals surface area (Å²) in [7, 11) is 0. The molecular formula is C21H24N6O3S. The normalized spacial score (nSPS) is 11.4. The van der Waals surface area contributed by atoms with Crippen molar-refractivity contribution in [3.63, 3.8) is 0 Å². The van der Waals surface area contributed by atoms with E-state index in [1.54, 1.807) is 13.0 Å². The number of hydrogen-bond acceptors (Lipinski definition) is 7. The molecule has 1 aromatic heterocycles. The number of hydrogen-bond donors (Lipinski definition) is 2. The molecule has 0 fully saturated rings. The van der Waals surface area contributed by atoms with Crippen molar-refractivity contribution in [1.82, 2.24) is 14.9 Å². The lowest BCUT2D eigenvalue weighted by Gasteiger charge is -2.19. The molecule has 0 atom stereocenters. The third-order valence-electron chi connectivity index (χ3n) is 4.63. The van der Waals surface area contributed by atoms with Gasteiger partial charge in [-0.3, -0.25) is 14.9 Å². The van der Waals surface area contributed by atoms with Crippen molar-refractivity contribution in [2.24, 2.45) is 0 Å². The first-order valence-corrected chi connectivity index (χ1v) is 10.5. The van der Waals surface area contributed by atoms with Crippen molar-refractivity contribution >= 4 is 29.0 Å². The van der Waals surface area contributed by atoms with Crippen LogP contribution in [0.1, 0.15) is 31.9 Å². The lowest BCUT2D eigenvalue weighted by molar-refractivity contribution is -0.384. The zero-order valence-electron chi connectivity index (χ0n) is 17.7. The fourth-order valence-electron chi connectivity index (χ4n) is 2.91. The van der Waals surface area contributed by atoms with Crippen LogP contribution in [0.25, 0.3) is 11.4 Å². The molecule has 0 aliphatic carbocycles. The maximum atomic E-state index is 12.3. The first-order valence-electron chi connectivity index (χ1n) is 9.55. The Morgan fingerprint density at radius 1 is 1.19 bits per heavy atom. The molecule has 1 heterocycles. The summed E-state index contributed by atoms with van der Waals surface area (Å²) in [5, 5.41) is 22.3. The van der Waals surface area contributed by atoms with Gasteiger partial charge < -0.3 is 11.2 Å². The van der Waals surface area contributed by atoms with E-state index in [9.17, 15) is 14.9 Å². The Labute approximate surface area is 184 Å². The van der Waals surface area contributed by atoms with Crippen LogP contribution in [0, 0.1) is 17.0 Å². The number of nitro groups is 1. The molecule has 0 spiro atoms. The van der Waals surface area contributed by atoms with Crippen LogP contribution in [0.15, 0.2) is 47.6 Å². The molecule has 2 aromatic carbocycles. The van der Waals surface area contributed by atoms with Gasteiger partial charge in [0.2, 0.25) is 11.1 Å². The molecule has 0 aliphatic rings. The number of nitrogen functional groups attached to an aromatic ring is 1. The third-order valence-corrected chi connectivity index (χ3v) is 5.57. The number of benzene rings is 2. The second-order valence-electron chi connectivity index (χ2n) is 8.12. The standard InChI is InChI=1S/C21H24N6O3S/c1-13-5-10-16(17(11-13)27(29)30)23-18(28)12-31-20-25-24-19(26(20)22)14-6-8-15(9-7-14)21(2,3)4/h5-11H,12,22H2,1-4H3,(H,23,28). The van der Waals surface area contributed by atoms with E-state index in [-0.39, 0.29) is 22.5 Å². The highest BCUT2D eigenvalue weighted by Gasteiger charge is 2.19. The molecular weight excluding hydrogens is 416 g/mol. The van der Waals surface area contributed by atoms with Crippen molar-refractivity contribution in [3.05, 3.63) is 63.7 Å². The average molecular weight is 441 g/mol. The van der Waals surface area contributed by atoms with Crippen molar-refractivity contribution < 1.29 is 9.72 Å². The van der Waals surface area contributed by atoms with Gasteiger partial charge in [-0.05, 0) is 29.5 Å². The minimum Gasteiger partial charge on any atom is -0.335 e. The number of nitro benzene ring substituents is 1. The number of carbonyl (C=O) groups is 1. The number of nitrogens with two attached hydrogens (primary N) is 1. The van der Waals surface area contributed by atoms with Gasteiger partial charge in [0.05, 0.1) is 10.7 Å². The molecule has 3 N–H and O–H groups in total. The molecule has 0 unspecified atom stereocenters. The summed E-state index contributed by atoms with van der Waals surface area (Å²) in [6.45, 7) is 8.16. The Morgan fingerprint density at radius 3 is 2.48 bits per heavy atom. The van der Waals surface area contributed by atoms with Crippen LogP contribution >= 0.6 is 11.8 Å². The summed E-state index contributed by atoms with van der Waals surface area (Å²) in [5.41, 5.74) is 2.77. The van der Waals surface area contributed by atoms with Gasteiger partial charge in [0.25, 0.3) is 5.69 Å². The predicted octanol–water partition coefficient (Wildman–Crippen LogP) is 3.90. The molecule has 162 valence electrons. The highest BCUT2D eigenvalue weighted by atomic mass is 32.2. The smallest absolute Gasteiger partial charge is 0.293 e. The average Bonchev–Trinajstić information content (AvgIpc) is 3.07. The number of amides is 1. The van der Waals surface area contributed by atoms with Gasteiger partial charge in [-0.25, -0.2) is 4.68 Å². The van der Waals surface area contributed by atoms with E-state index < -0.39 is 10.8 Å². The molecule has 3 aromatic rings. The Bertz CT molecular complexity index is 1120. The summed E-state index contributed by atoms with van der Waals surface area (Å²) in [4.78, 5) is 23.0. The van der Waals surface area contributed by atoms with Crippen molar-refractivity contribution in [2.45, 2.75) is 38.3 Å². The minimum atomic E-state index is -0.524. The second-order valence-corrected chi connectivity index (χ2v) is 9.06. The van der Waals surface area contributed by atoms with Crippen LogP contribution in [0.2, 0.25) is 0 Å². The van der Waals surface area contributed by atoms with Crippen LogP contribution < -0.4 is 11.2 Å². The van der Waals surface area contributed by atoms with Crippen LogP contribution in [-0.2, 0) is 10.2 Å².